The van der Waals surface area contributed by atoms with E-state index in [-0.39, 0.29) is 4.48 Å². The Hall–Kier alpha value is -1.47. The van der Waals surface area contributed by atoms with E-state index in [1.807, 2.05) is 12.3 Å². The maximum Gasteiger partial charge on any atom is 0.235 e. The number of carbonyl (C=O) groups is 2. The number of hydrogen-bond donors (Lipinski definition) is 1. The normalized spacial score (nSPS) is 15.2. The van der Waals surface area contributed by atoms with Gasteiger partial charge in [0.2, 0.25) is 5.78 Å². The first-order valence-corrected chi connectivity index (χ1v) is 7.04. The Bertz CT molecular complexity index is 552. The molecule has 0 radical (unpaired) electrons. The number of aliphatic hydroxyl groups is 1. The molecule has 0 aliphatic heterocycles. The SMILES string of the molecule is Cc1ccc[nH+]c1C.O=C1C(O)=C(Br)C(=O)C([O-])=C1Br. The van der Waals surface area contributed by atoms with Gasteiger partial charge in [0.15, 0.2) is 23.4 Å². The summed E-state index contributed by atoms with van der Waals surface area (Å²) in [6.07, 6.45) is 1.93. The summed E-state index contributed by atoms with van der Waals surface area (Å²) in [5, 5.41) is 19.8. The van der Waals surface area contributed by atoms with Crippen LogP contribution in [0.5, 0.6) is 0 Å². The highest BCUT2D eigenvalue weighted by Gasteiger charge is 2.27. The van der Waals surface area contributed by atoms with Crippen LogP contribution in [-0.2, 0) is 9.59 Å². The average Bonchev–Trinajstić information content (AvgIpc) is 2.45. The zero-order valence-electron chi connectivity index (χ0n) is 10.7. The molecule has 0 saturated heterocycles. The number of aryl methyl sites for hydroxylation is 2. The van der Waals surface area contributed by atoms with Gasteiger partial charge >= 0.3 is 0 Å². The molecule has 7 heteroatoms. The highest BCUT2D eigenvalue weighted by atomic mass is 79.9. The lowest BCUT2D eigenvalue weighted by molar-refractivity contribution is -0.388. The molecule has 1 aliphatic carbocycles. The Morgan fingerprint density at radius 3 is 2.20 bits per heavy atom. The van der Waals surface area contributed by atoms with Crippen molar-refractivity contribution in [2.75, 3.05) is 0 Å². The first-order valence-electron chi connectivity index (χ1n) is 5.46. The number of rotatable bonds is 0. The molecule has 0 saturated carbocycles. The minimum Gasteiger partial charge on any atom is -0.869 e. The molecule has 0 amide bonds. The second-order valence-corrected chi connectivity index (χ2v) is 5.53. The first-order chi connectivity index (χ1) is 9.27. The molecule has 0 spiro atoms. The molecule has 0 bridgehead atoms. The van der Waals surface area contributed by atoms with Crippen molar-refractivity contribution in [3.05, 3.63) is 50.1 Å². The minimum atomic E-state index is -0.954. The lowest BCUT2D eigenvalue weighted by Crippen LogP contribution is -2.26. The topological polar surface area (TPSA) is 91.6 Å². The van der Waals surface area contributed by atoms with E-state index in [2.05, 4.69) is 56.8 Å². The second-order valence-electron chi connectivity index (χ2n) is 3.94. The fourth-order valence-corrected chi connectivity index (χ4v) is 1.95. The van der Waals surface area contributed by atoms with Crippen LogP contribution in [-0.4, -0.2) is 16.7 Å². The Balaban J connectivity index is 0.000000217. The summed E-state index contributed by atoms with van der Waals surface area (Å²) in [6.45, 7) is 4.15. The third kappa shape index (κ3) is 3.55. The van der Waals surface area contributed by atoms with Gasteiger partial charge in [0.1, 0.15) is 4.48 Å². The molecule has 2 N–H and O–H groups in total. The van der Waals surface area contributed by atoms with E-state index in [9.17, 15) is 14.7 Å². The number of aromatic nitrogens is 1. The molecule has 5 nitrogen and oxygen atoms in total. The van der Waals surface area contributed by atoms with E-state index >= 15 is 0 Å². The van der Waals surface area contributed by atoms with Gasteiger partial charge in [-0.15, -0.1) is 0 Å². The molecule has 1 aliphatic rings. The summed E-state index contributed by atoms with van der Waals surface area (Å²) in [7, 11) is 0. The maximum atomic E-state index is 10.9. The minimum absolute atomic E-state index is 0.388. The van der Waals surface area contributed by atoms with Gasteiger partial charge in [0.25, 0.3) is 0 Å². The lowest BCUT2D eigenvalue weighted by atomic mass is 10.1. The molecule has 0 atom stereocenters. The third-order valence-electron chi connectivity index (χ3n) is 2.56. The van der Waals surface area contributed by atoms with Gasteiger partial charge in [-0.05, 0) is 50.6 Å². The maximum absolute atomic E-state index is 10.9. The third-order valence-corrected chi connectivity index (χ3v) is 4.02. The van der Waals surface area contributed by atoms with E-state index in [1.54, 1.807) is 0 Å². The van der Waals surface area contributed by atoms with E-state index in [0.717, 1.165) is 0 Å². The van der Waals surface area contributed by atoms with Crippen molar-refractivity contribution < 1.29 is 24.8 Å². The van der Waals surface area contributed by atoms with Crippen molar-refractivity contribution in [1.82, 2.24) is 0 Å². The Morgan fingerprint density at radius 2 is 1.75 bits per heavy atom. The molecular weight excluding hydrogens is 394 g/mol. The summed E-state index contributed by atoms with van der Waals surface area (Å²) in [5.41, 5.74) is 2.56. The van der Waals surface area contributed by atoms with Gasteiger partial charge < -0.3 is 10.2 Å². The lowest BCUT2D eigenvalue weighted by Gasteiger charge is -2.17. The number of nitrogens with one attached hydrogen (secondary N) is 1. The van der Waals surface area contributed by atoms with Gasteiger partial charge in [0, 0.05) is 18.6 Å². The Morgan fingerprint density at radius 1 is 1.15 bits per heavy atom. The van der Waals surface area contributed by atoms with Gasteiger partial charge in [-0.2, -0.15) is 0 Å². The molecule has 1 heterocycles. The van der Waals surface area contributed by atoms with Crippen molar-refractivity contribution in [2.24, 2.45) is 0 Å². The van der Waals surface area contributed by atoms with Crippen LogP contribution < -0.4 is 10.1 Å². The predicted octanol–water partition coefficient (Wildman–Crippen LogP) is 1.39. The van der Waals surface area contributed by atoms with Crippen LogP contribution >= 0.6 is 31.9 Å². The molecule has 1 aromatic rings. The fourth-order valence-electron chi connectivity index (χ4n) is 1.22. The number of Topliss-reactive ketones (excluding diaryl/α,β-unsaturated/α-hetero) is 2. The number of allylic oxidation sites excluding steroid dienone is 2. The van der Waals surface area contributed by atoms with Gasteiger partial charge in [-0.1, -0.05) is 0 Å². The highest BCUT2D eigenvalue weighted by Crippen LogP contribution is 2.27. The molecular formula is C13H11Br2NO4. The van der Waals surface area contributed by atoms with Crippen molar-refractivity contribution in [3.63, 3.8) is 0 Å². The quantitative estimate of drug-likeness (QED) is 0.661. The number of halogens is 2. The molecule has 0 aromatic carbocycles. The monoisotopic (exact) mass is 403 g/mol. The molecule has 0 unspecified atom stereocenters. The van der Waals surface area contributed by atoms with Gasteiger partial charge in [0.05, 0.1) is 4.48 Å². The number of ketones is 2. The van der Waals surface area contributed by atoms with Crippen molar-refractivity contribution in [1.29, 1.82) is 0 Å². The number of carbonyl (C=O) groups excluding carboxylic acids is 2. The standard InChI is InChI=1S/C7H9N.C6H2Br2O4/c1-6-4-3-5-8-7(6)2;7-1-3(9)5(11)2(8)6(12)4(1)10/h3-5H,1-2H3;9,12H. The Labute approximate surface area is 132 Å². The van der Waals surface area contributed by atoms with E-state index in [0.29, 0.717) is 0 Å². The van der Waals surface area contributed by atoms with Crippen LogP contribution in [0.2, 0.25) is 0 Å². The zero-order valence-corrected chi connectivity index (χ0v) is 13.8. The summed E-state index contributed by atoms with van der Waals surface area (Å²) in [4.78, 5) is 24.9. The zero-order chi connectivity index (χ0) is 15.4. The number of aliphatic hydroxyl groups excluding tert-OH is 1. The van der Waals surface area contributed by atoms with Crippen LogP contribution in [0.25, 0.3) is 0 Å². The highest BCUT2D eigenvalue weighted by molar-refractivity contribution is 9.12. The molecule has 1 aromatic heterocycles. The van der Waals surface area contributed by atoms with Crippen LogP contribution in [0.15, 0.2) is 38.8 Å². The van der Waals surface area contributed by atoms with Gasteiger partial charge in [-0.25, -0.2) is 4.98 Å². The predicted molar refractivity (Wildman–Crippen MR) is 77.0 cm³/mol. The van der Waals surface area contributed by atoms with Crippen molar-refractivity contribution in [3.8, 4) is 0 Å². The second kappa shape index (κ2) is 6.81. The largest absolute Gasteiger partial charge is 0.869 e. The van der Waals surface area contributed by atoms with E-state index < -0.39 is 27.6 Å². The molecule has 20 heavy (non-hydrogen) atoms. The van der Waals surface area contributed by atoms with E-state index in [4.69, 9.17) is 5.11 Å². The smallest absolute Gasteiger partial charge is 0.235 e. The number of aromatic amines is 1. The van der Waals surface area contributed by atoms with Crippen LogP contribution in [0.3, 0.4) is 0 Å². The Kier molecular flexibility index (Phi) is 5.64. The number of H-pyrrole nitrogens is 1. The van der Waals surface area contributed by atoms with Crippen LogP contribution in [0.4, 0.5) is 0 Å². The average molecular weight is 405 g/mol. The molecule has 106 valence electrons. The van der Waals surface area contributed by atoms with Crippen LogP contribution in [0, 0.1) is 13.8 Å². The summed E-state index contributed by atoms with van der Waals surface area (Å²) in [6, 6.07) is 4.09. The van der Waals surface area contributed by atoms with Crippen LogP contribution in [0.1, 0.15) is 11.3 Å². The fraction of sp³-hybridized carbons (Fsp3) is 0.154. The van der Waals surface area contributed by atoms with Crippen molar-refractivity contribution in [2.45, 2.75) is 13.8 Å². The summed E-state index contributed by atoms with van der Waals surface area (Å²) < 4.78 is -0.825. The molecule has 2 rings (SSSR count). The van der Waals surface area contributed by atoms with E-state index in [1.165, 1.54) is 11.3 Å². The number of pyridine rings is 1. The van der Waals surface area contributed by atoms with Crippen molar-refractivity contribution >= 4 is 43.4 Å². The van der Waals surface area contributed by atoms with Gasteiger partial charge in [-0.3, -0.25) is 9.59 Å². The first kappa shape index (κ1) is 16.6. The summed E-state index contributed by atoms with van der Waals surface area (Å²) in [5.74, 6) is -3.51. The molecule has 0 fully saturated rings. The number of hydrogen-bond acceptors (Lipinski definition) is 4. The summed E-state index contributed by atoms with van der Waals surface area (Å²) >= 11 is 5.24.